The molecule has 1 aromatic heterocycles. The van der Waals surface area contributed by atoms with Crippen LogP contribution in [0.3, 0.4) is 0 Å². The van der Waals surface area contributed by atoms with Crippen LogP contribution in [0.1, 0.15) is 26.0 Å². The van der Waals surface area contributed by atoms with Gasteiger partial charge in [-0.05, 0) is 33.3 Å². The van der Waals surface area contributed by atoms with Crippen LogP contribution in [0.2, 0.25) is 0 Å². The molecule has 0 bridgehead atoms. The van der Waals surface area contributed by atoms with Crippen molar-refractivity contribution in [1.82, 2.24) is 9.97 Å². The monoisotopic (exact) mass is 227 g/mol. The van der Waals surface area contributed by atoms with Crippen molar-refractivity contribution in [3.05, 3.63) is 18.0 Å². The van der Waals surface area contributed by atoms with E-state index in [4.69, 9.17) is 11.6 Å². The molecule has 0 aliphatic rings. The van der Waals surface area contributed by atoms with E-state index >= 15 is 0 Å². The Bertz CT molecular complexity index is 302. The van der Waals surface area contributed by atoms with Crippen LogP contribution in [0.5, 0.6) is 0 Å². The van der Waals surface area contributed by atoms with Gasteiger partial charge in [-0.25, -0.2) is 9.97 Å². The number of hydrogen-bond acceptors (Lipinski definition) is 3. The number of anilines is 1. The standard InChI is InChI=1S/C11H18ClN3/c1-9(2)15(8-4-6-12)11-13-7-5-10(3)14-11/h5,7,9H,4,6,8H2,1-3H3. The van der Waals surface area contributed by atoms with Crippen molar-refractivity contribution in [3.63, 3.8) is 0 Å². The number of aryl methyl sites for hydroxylation is 1. The zero-order valence-corrected chi connectivity index (χ0v) is 10.3. The Morgan fingerprint density at radius 1 is 1.47 bits per heavy atom. The van der Waals surface area contributed by atoms with Crippen LogP contribution in [0.25, 0.3) is 0 Å². The summed E-state index contributed by atoms with van der Waals surface area (Å²) in [6.45, 7) is 7.16. The van der Waals surface area contributed by atoms with Crippen molar-refractivity contribution >= 4 is 17.5 Å². The summed E-state index contributed by atoms with van der Waals surface area (Å²) in [6.07, 6.45) is 2.75. The normalized spacial score (nSPS) is 10.7. The Kier molecular flexibility index (Phi) is 4.82. The first-order valence-electron chi connectivity index (χ1n) is 5.27. The van der Waals surface area contributed by atoms with E-state index in [9.17, 15) is 0 Å². The van der Waals surface area contributed by atoms with E-state index in [0.717, 1.165) is 24.6 Å². The van der Waals surface area contributed by atoms with Gasteiger partial charge in [-0.2, -0.15) is 0 Å². The topological polar surface area (TPSA) is 29.0 Å². The van der Waals surface area contributed by atoms with E-state index in [1.165, 1.54) is 0 Å². The predicted octanol–water partition coefficient (Wildman–Crippen LogP) is 2.63. The Labute approximate surface area is 96.5 Å². The number of alkyl halides is 1. The van der Waals surface area contributed by atoms with E-state index in [-0.39, 0.29) is 0 Å². The number of hydrogen-bond donors (Lipinski definition) is 0. The Morgan fingerprint density at radius 3 is 2.73 bits per heavy atom. The van der Waals surface area contributed by atoms with Gasteiger partial charge in [-0.15, -0.1) is 11.6 Å². The summed E-state index contributed by atoms with van der Waals surface area (Å²) in [4.78, 5) is 10.9. The van der Waals surface area contributed by atoms with E-state index in [1.807, 2.05) is 13.0 Å². The van der Waals surface area contributed by atoms with Gasteiger partial charge in [0.15, 0.2) is 0 Å². The van der Waals surface area contributed by atoms with Gasteiger partial charge < -0.3 is 4.90 Å². The second kappa shape index (κ2) is 5.91. The third-order valence-corrected chi connectivity index (χ3v) is 2.46. The molecule has 0 spiro atoms. The minimum Gasteiger partial charge on any atom is -0.338 e. The van der Waals surface area contributed by atoms with Gasteiger partial charge >= 0.3 is 0 Å². The lowest BCUT2D eigenvalue weighted by molar-refractivity contribution is 0.651. The Balaban J connectivity index is 2.79. The Hall–Kier alpha value is -0.830. The molecule has 0 aliphatic heterocycles. The molecule has 15 heavy (non-hydrogen) atoms. The lowest BCUT2D eigenvalue weighted by Gasteiger charge is -2.26. The van der Waals surface area contributed by atoms with Gasteiger partial charge in [0, 0.05) is 30.4 Å². The summed E-state index contributed by atoms with van der Waals surface area (Å²) < 4.78 is 0. The van der Waals surface area contributed by atoms with E-state index in [2.05, 4.69) is 28.7 Å². The van der Waals surface area contributed by atoms with Gasteiger partial charge in [0.05, 0.1) is 0 Å². The predicted molar refractivity (Wildman–Crippen MR) is 64.6 cm³/mol. The summed E-state index contributed by atoms with van der Waals surface area (Å²) in [7, 11) is 0. The zero-order valence-electron chi connectivity index (χ0n) is 9.57. The summed E-state index contributed by atoms with van der Waals surface area (Å²) in [6, 6.07) is 2.30. The molecular weight excluding hydrogens is 210 g/mol. The van der Waals surface area contributed by atoms with Crippen LogP contribution in [-0.4, -0.2) is 28.4 Å². The number of nitrogens with zero attached hydrogens (tertiary/aromatic N) is 3. The van der Waals surface area contributed by atoms with Crippen LogP contribution in [0, 0.1) is 6.92 Å². The molecule has 0 atom stereocenters. The van der Waals surface area contributed by atoms with Gasteiger partial charge in [0.1, 0.15) is 0 Å². The van der Waals surface area contributed by atoms with Crippen LogP contribution in [0.15, 0.2) is 12.3 Å². The third-order valence-electron chi connectivity index (χ3n) is 2.19. The third kappa shape index (κ3) is 3.67. The number of halogens is 1. The van der Waals surface area contributed by atoms with Crippen LogP contribution in [-0.2, 0) is 0 Å². The first kappa shape index (κ1) is 12.2. The summed E-state index contributed by atoms with van der Waals surface area (Å²) >= 11 is 5.70. The van der Waals surface area contributed by atoms with Crippen molar-refractivity contribution < 1.29 is 0 Å². The quantitative estimate of drug-likeness (QED) is 0.725. The fourth-order valence-corrected chi connectivity index (χ4v) is 1.51. The van der Waals surface area contributed by atoms with Crippen LogP contribution >= 0.6 is 11.6 Å². The lowest BCUT2D eigenvalue weighted by atomic mass is 10.3. The molecule has 4 heteroatoms. The highest BCUT2D eigenvalue weighted by atomic mass is 35.5. The van der Waals surface area contributed by atoms with Gasteiger partial charge in [0.25, 0.3) is 0 Å². The highest BCUT2D eigenvalue weighted by molar-refractivity contribution is 6.17. The SMILES string of the molecule is Cc1ccnc(N(CCCCl)C(C)C)n1. The Morgan fingerprint density at radius 2 is 2.20 bits per heavy atom. The number of aromatic nitrogens is 2. The maximum Gasteiger partial charge on any atom is 0.225 e. The maximum atomic E-state index is 5.70. The highest BCUT2D eigenvalue weighted by Gasteiger charge is 2.12. The minimum atomic E-state index is 0.398. The average Bonchev–Trinajstić information content (AvgIpc) is 2.18. The first-order valence-corrected chi connectivity index (χ1v) is 5.81. The molecule has 0 N–H and O–H groups in total. The second-order valence-corrected chi connectivity index (χ2v) is 4.21. The molecular formula is C11H18ClN3. The molecule has 0 fully saturated rings. The fraction of sp³-hybridized carbons (Fsp3) is 0.636. The maximum absolute atomic E-state index is 5.70. The zero-order chi connectivity index (χ0) is 11.3. The molecule has 0 saturated heterocycles. The molecule has 0 amide bonds. The van der Waals surface area contributed by atoms with Crippen molar-refractivity contribution in [2.24, 2.45) is 0 Å². The molecule has 0 radical (unpaired) electrons. The largest absolute Gasteiger partial charge is 0.338 e. The molecule has 84 valence electrons. The summed E-state index contributed by atoms with van der Waals surface area (Å²) in [5, 5.41) is 0. The summed E-state index contributed by atoms with van der Waals surface area (Å²) in [5.41, 5.74) is 0.997. The average molecular weight is 228 g/mol. The highest BCUT2D eigenvalue weighted by Crippen LogP contribution is 2.11. The molecule has 1 heterocycles. The first-order chi connectivity index (χ1) is 7.15. The van der Waals surface area contributed by atoms with E-state index in [1.54, 1.807) is 6.20 Å². The van der Waals surface area contributed by atoms with Gasteiger partial charge in [-0.3, -0.25) is 0 Å². The van der Waals surface area contributed by atoms with Crippen molar-refractivity contribution in [3.8, 4) is 0 Å². The molecule has 0 aliphatic carbocycles. The van der Waals surface area contributed by atoms with E-state index < -0.39 is 0 Å². The van der Waals surface area contributed by atoms with E-state index in [0.29, 0.717) is 11.9 Å². The van der Waals surface area contributed by atoms with Crippen molar-refractivity contribution in [2.45, 2.75) is 33.2 Å². The molecule has 0 saturated carbocycles. The summed E-state index contributed by atoms with van der Waals surface area (Å²) in [5.74, 6) is 1.48. The molecule has 1 aromatic rings. The van der Waals surface area contributed by atoms with Crippen molar-refractivity contribution in [1.29, 1.82) is 0 Å². The minimum absolute atomic E-state index is 0.398. The number of rotatable bonds is 5. The lowest BCUT2D eigenvalue weighted by Crippen LogP contribution is -2.33. The van der Waals surface area contributed by atoms with Crippen molar-refractivity contribution in [2.75, 3.05) is 17.3 Å². The van der Waals surface area contributed by atoms with Gasteiger partial charge in [-0.1, -0.05) is 0 Å². The van der Waals surface area contributed by atoms with Crippen LogP contribution in [0.4, 0.5) is 5.95 Å². The fourth-order valence-electron chi connectivity index (χ4n) is 1.39. The second-order valence-electron chi connectivity index (χ2n) is 3.83. The van der Waals surface area contributed by atoms with Gasteiger partial charge in [0.2, 0.25) is 5.95 Å². The molecule has 0 aromatic carbocycles. The molecule has 1 rings (SSSR count). The van der Waals surface area contributed by atoms with Crippen LogP contribution < -0.4 is 4.90 Å². The smallest absolute Gasteiger partial charge is 0.225 e. The molecule has 3 nitrogen and oxygen atoms in total. The molecule has 0 unspecified atom stereocenters.